The van der Waals surface area contributed by atoms with Gasteiger partial charge in [0.15, 0.2) is 11.3 Å². The minimum atomic E-state index is -1.70. The molecule has 1 fully saturated rings. The number of hydrogen-bond donors (Lipinski definition) is 5. The highest BCUT2D eigenvalue weighted by Crippen LogP contribution is 2.43. The van der Waals surface area contributed by atoms with Gasteiger partial charge in [-0.25, -0.2) is 4.79 Å². The van der Waals surface area contributed by atoms with Crippen molar-refractivity contribution in [1.82, 2.24) is 0 Å². The zero-order valence-corrected chi connectivity index (χ0v) is 13.6. The summed E-state index contributed by atoms with van der Waals surface area (Å²) in [5.74, 6) is -0.876. The number of hydrogen-bond acceptors (Lipinski definition) is 10. The van der Waals surface area contributed by atoms with Gasteiger partial charge in [-0.1, -0.05) is 0 Å². The molecule has 26 heavy (non-hydrogen) atoms. The zero-order chi connectivity index (χ0) is 19.0. The molecule has 0 aliphatic carbocycles. The Morgan fingerprint density at radius 1 is 1.15 bits per heavy atom. The first-order chi connectivity index (χ1) is 12.4. The van der Waals surface area contributed by atoms with E-state index in [0.29, 0.717) is 5.39 Å². The van der Waals surface area contributed by atoms with Gasteiger partial charge in [0.1, 0.15) is 24.4 Å². The van der Waals surface area contributed by atoms with E-state index < -0.39 is 48.7 Å². The van der Waals surface area contributed by atoms with Crippen molar-refractivity contribution in [2.24, 2.45) is 0 Å². The maximum atomic E-state index is 11.5. The number of aliphatic hydroxyl groups excluding tert-OH is 4. The predicted molar refractivity (Wildman–Crippen MR) is 85.1 cm³/mol. The number of aliphatic hydroxyl groups is 4. The van der Waals surface area contributed by atoms with Gasteiger partial charge in [-0.2, -0.15) is 0 Å². The Hall–Kier alpha value is -2.37. The third kappa shape index (κ3) is 3.08. The third-order valence-electron chi connectivity index (χ3n) is 4.11. The van der Waals surface area contributed by atoms with E-state index in [4.69, 9.17) is 18.6 Å². The lowest BCUT2D eigenvalue weighted by molar-refractivity contribution is -0.277. The monoisotopic (exact) mass is 370 g/mol. The van der Waals surface area contributed by atoms with Crippen LogP contribution in [0.3, 0.4) is 0 Å². The van der Waals surface area contributed by atoms with Gasteiger partial charge in [0.2, 0.25) is 17.8 Å². The molecule has 1 aromatic heterocycles. The van der Waals surface area contributed by atoms with Crippen molar-refractivity contribution < 1.29 is 44.2 Å². The van der Waals surface area contributed by atoms with Gasteiger partial charge in [0.25, 0.3) is 0 Å². The standard InChI is InChI=1S/C16H18O10/c1-23-7-4-6-2-3-9(18)25-14(6)15(11(7)20)26-16-13(22)12(21)10(19)8(5-17)24-16/h2-4,8,10,12-13,16-17,19-22H,5H2,1H3/t8-,10-,12+,13-,16?/m1/s1. The molecule has 142 valence electrons. The van der Waals surface area contributed by atoms with Gasteiger partial charge in [-0.3, -0.25) is 0 Å². The summed E-state index contributed by atoms with van der Waals surface area (Å²) in [7, 11) is 1.30. The maximum absolute atomic E-state index is 11.5. The number of benzene rings is 1. The number of ether oxygens (including phenoxy) is 3. The fourth-order valence-corrected chi connectivity index (χ4v) is 2.69. The van der Waals surface area contributed by atoms with Crippen LogP contribution in [0.15, 0.2) is 27.4 Å². The fraction of sp³-hybridized carbons (Fsp3) is 0.438. The summed E-state index contributed by atoms with van der Waals surface area (Å²) in [6, 6.07) is 3.99. The van der Waals surface area contributed by atoms with Crippen LogP contribution >= 0.6 is 0 Å². The summed E-state index contributed by atoms with van der Waals surface area (Å²) in [5.41, 5.74) is -0.839. The Bertz CT molecular complexity index is 845. The molecule has 2 heterocycles. The Kier molecular flexibility index (Phi) is 5.03. The molecule has 0 saturated carbocycles. The number of phenolic OH excluding ortho intramolecular Hbond substituents is 1. The Labute approximate surface area is 146 Å². The lowest BCUT2D eigenvalue weighted by Gasteiger charge is -2.39. The van der Waals surface area contributed by atoms with Crippen molar-refractivity contribution in [2.45, 2.75) is 30.7 Å². The summed E-state index contributed by atoms with van der Waals surface area (Å²) in [4.78, 5) is 11.5. The van der Waals surface area contributed by atoms with Crippen molar-refractivity contribution in [3.05, 3.63) is 28.6 Å². The molecule has 5 N–H and O–H groups in total. The van der Waals surface area contributed by atoms with Crippen LogP contribution in [0.1, 0.15) is 0 Å². The normalized spacial score (nSPS) is 28.9. The smallest absolute Gasteiger partial charge is 0.336 e. The minimum Gasteiger partial charge on any atom is -0.502 e. The van der Waals surface area contributed by atoms with Crippen LogP contribution < -0.4 is 15.1 Å². The molecule has 1 saturated heterocycles. The molecule has 0 amide bonds. The molecule has 1 aliphatic heterocycles. The van der Waals surface area contributed by atoms with Crippen LogP contribution in [0.5, 0.6) is 17.2 Å². The summed E-state index contributed by atoms with van der Waals surface area (Å²) in [5, 5.41) is 49.6. The quantitative estimate of drug-likeness (QED) is 0.409. The number of rotatable bonds is 4. The average molecular weight is 370 g/mol. The third-order valence-corrected chi connectivity index (χ3v) is 4.11. The van der Waals surface area contributed by atoms with Crippen molar-refractivity contribution >= 4 is 11.0 Å². The average Bonchev–Trinajstić information content (AvgIpc) is 2.64. The van der Waals surface area contributed by atoms with Crippen molar-refractivity contribution in [1.29, 1.82) is 0 Å². The van der Waals surface area contributed by atoms with Gasteiger partial charge in [-0.15, -0.1) is 0 Å². The van der Waals surface area contributed by atoms with E-state index in [2.05, 4.69) is 0 Å². The lowest BCUT2D eigenvalue weighted by atomic mass is 9.99. The van der Waals surface area contributed by atoms with E-state index in [1.54, 1.807) is 0 Å². The second kappa shape index (κ2) is 7.09. The summed E-state index contributed by atoms with van der Waals surface area (Å²) in [6.45, 7) is -0.648. The second-order valence-corrected chi connectivity index (χ2v) is 5.74. The van der Waals surface area contributed by atoms with Crippen LogP contribution in [0.25, 0.3) is 11.0 Å². The van der Waals surface area contributed by atoms with Crippen molar-refractivity contribution in [2.75, 3.05) is 13.7 Å². The van der Waals surface area contributed by atoms with E-state index in [1.165, 1.54) is 19.2 Å². The van der Waals surface area contributed by atoms with Crippen LogP contribution in [-0.4, -0.2) is 70.0 Å². The van der Waals surface area contributed by atoms with Gasteiger partial charge in [0, 0.05) is 11.5 Å². The fourth-order valence-electron chi connectivity index (χ4n) is 2.69. The first-order valence-electron chi connectivity index (χ1n) is 7.68. The molecule has 1 aliphatic rings. The highest BCUT2D eigenvalue weighted by Gasteiger charge is 2.45. The highest BCUT2D eigenvalue weighted by atomic mass is 16.7. The van der Waals surface area contributed by atoms with Gasteiger partial charge in [-0.05, 0) is 12.1 Å². The van der Waals surface area contributed by atoms with E-state index in [9.17, 15) is 30.3 Å². The topological polar surface area (TPSA) is 159 Å². The van der Waals surface area contributed by atoms with E-state index in [0.717, 1.165) is 6.07 Å². The van der Waals surface area contributed by atoms with Crippen LogP contribution in [0.2, 0.25) is 0 Å². The van der Waals surface area contributed by atoms with E-state index in [-0.39, 0.29) is 17.1 Å². The molecule has 0 bridgehead atoms. The molecule has 2 aromatic rings. The van der Waals surface area contributed by atoms with Crippen molar-refractivity contribution in [3.8, 4) is 17.2 Å². The highest BCUT2D eigenvalue weighted by molar-refractivity contribution is 5.87. The maximum Gasteiger partial charge on any atom is 0.336 e. The Morgan fingerprint density at radius 2 is 1.88 bits per heavy atom. The molecular formula is C16H18O10. The van der Waals surface area contributed by atoms with Gasteiger partial charge >= 0.3 is 5.63 Å². The zero-order valence-electron chi connectivity index (χ0n) is 13.6. The van der Waals surface area contributed by atoms with E-state index in [1.807, 2.05) is 0 Å². The molecule has 3 rings (SSSR count). The van der Waals surface area contributed by atoms with Crippen LogP contribution in [0.4, 0.5) is 0 Å². The summed E-state index contributed by atoms with van der Waals surface area (Å²) < 4.78 is 20.8. The molecule has 10 nitrogen and oxygen atoms in total. The molecular weight excluding hydrogens is 352 g/mol. The Morgan fingerprint density at radius 3 is 2.54 bits per heavy atom. The minimum absolute atomic E-state index is 0.00550. The Balaban J connectivity index is 2.06. The molecule has 0 radical (unpaired) electrons. The van der Waals surface area contributed by atoms with E-state index >= 15 is 0 Å². The van der Waals surface area contributed by atoms with Crippen LogP contribution in [-0.2, 0) is 4.74 Å². The number of fused-ring (bicyclic) bond motifs is 1. The molecule has 10 heteroatoms. The largest absolute Gasteiger partial charge is 0.502 e. The first-order valence-corrected chi connectivity index (χ1v) is 7.68. The number of methoxy groups -OCH3 is 1. The molecule has 5 atom stereocenters. The summed E-state index contributed by atoms with van der Waals surface area (Å²) >= 11 is 0. The second-order valence-electron chi connectivity index (χ2n) is 5.74. The van der Waals surface area contributed by atoms with Gasteiger partial charge < -0.3 is 44.2 Å². The summed E-state index contributed by atoms with van der Waals surface area (Å²) in [6.07, 6.45) is -7.72. The SMILES string of the molecule is COc1cc2ccc(=O)oc2c(OC2O[C@H](CO)[C@@H](O)[C@H](O)[C@H]2O)c1O. The molecule has 1 aromatic carbocycles. The number of phenols is 1. The molecule has 0 spiro atoms. The van der Waals surface area contributed by atoms with Gasteiger partial charge in [0.05, 0.1) is 13.7 Å². The number of aromatic hydroxyl groups is 1. The van der Waals surface area contributed by atoms with Crippen LogP contribution in [0, 0.1) is 0 Å². The lowest BCUT2D eigenvalue weighted by Crippen LogP contribution is -2.60. The predicted octanol–water partition coefficient (Wildman–Crippen LogP) is -1.31. The first kappa shape index (κ1) is 18.4. The van der Waals surface area contributed by atoms with Crippen molar-refractivity contribution in [3.63, 3.8) is 0 Å². The molecule has 1 unspecified atom stereocenters.